The number of ether oxygens (including phenoxy) is 2. The number of likely N-dealkylation sites (N-methyl/N-ethyl adjacent to an activating group) is 1. The highest BCUT2D eigenvalue weighted by atomic mass is 35.5. The van der Waals surface area contributed by atoms with E-state index >= 15 is 0 Å². The molecule has 2 aromatic carbocycles. The van der Waals surface area contributed by atoms with Crippen LogP contribution >= 0.6 is 11.6 Å². The molecule has 0 fully saturated rings. The van der Waals surface area contributed by atoms with Crippen LogP contribution in [0, 0.1) is 0 Å². The molecule has 0 radical (unpaired) electrons. The minimum absolute atomic E-state index is 0.0959. The first-order chi connectivity index (χ1) is 14.0. The van der Waals surface area contributed by atoms with Gasteiger partial charge in [-0.05, 0) is 55.7 Å². The summed E-state index contributed by atoms with van der Waals surface area (Å²) >= 11 is 6.08. The Bertz CT molecular complexity index is 887. The zero-order chi connectivity index (χ0) is 20.8. The predicted molar refractivity (Wildman–Crippen MR) is 111 cm³/mol. The summed E-state index contributed by atoms with van der Waals surface area (Å²) in [6.45, 7) is 4.65. The maximum absolute atomic E-state index is 13.0. The number of amides is 2. The van der Waals surface area contributed by atoms with E-state index in [9.17, 15) is 9.59 Å². The van der Waals surface area contributed by atoms with Crippen LogP contribution in [0.25, 0.3) is 0 Å². The van der Waals surface area contributed by atoms with Crippen molar-refractivity contribution in [1.82, 2.24) is 10.2 Å². The average molecular weight is 417 g/mol. The fraction of sp³-hybridized carbons (Fsp3) is 0.364. The molecule has 0 spiro atoms. The number of hydrogen-bond donors (Lipinski definition) is 1. The fourth-order valence-electron chi connectivity index (χ4n) is 3.23. The highest BCUT2D eigenvalue weighted by Gasteiger charge is 2.26. The second-order valence-electron chi connectivity index (χ2n) is 6.91. The third kappa shape index (κ3) is 5.41. The van der Waals surface area contributed by atoms with Crippen LogP contribution in [0.3, 0.4) is 0 Å². The summed E-state index contributed by atoms with van der Waals surface area (Å²) in [6, 6.07) is 12.4. The maximum atomic E-state index is 13.0. The number of nitrogens with one attached hydrogen (secondary N) is 1. The molecule has 7 heteroatoms. The second kappa shape index (κ2) is 9.65. The molecular formula is C22H25ClN2O4. The van der Waals surface area contributed by atoms with Crippen molar-refractivity contribution in [2.75, 3.05) is 13.3 Å². The van der Waals surface area contributed by atoms with Gasteiger partial charge in [0.05, 0.1) is 0 Å². The number of rotatable bonds is 8. The van der Waals surface area contributed by atoms with E-state index in [2.05, 4.69) is 5.32 Å². The van der Waals surface area contributed by atoms with Gasteiger partial charge in [0.15, 0.2) is 11.5 Å². The number of hydrogen-bond acceptors (Lipinski definition) is 4. The van der Waals surface area contributed by atoms with Crippen LogP contribution in [-0.2, 0) is 22.6 Å². The van der Waals surface area contributed by atoms with Crippen molar-refractivity contribution < 1.29 is 19.1 Å². The maximum Gasteiger partial charge on any atom is 0.242 e. The van der Waals surface area contributed by atoms with Gasteiger partial charge in [0.25, 0.3) is 0 Å². The monoisotopic (exact) mass is 416 g/mol. The standard InChI is InChI=1S/C22H25ClN2O4/c1-3-24-22(27)15(2)25(13-17-5-4-6-18(23)11-17)21(26)10-8-16-7-9-19-20(12-16)29-14-28-19/h4-7,9,11-12,15H,3,8,10,13-14H2,1-2H3,(H,24,27)/t15-/m1/s1. The molecule has 0 saturated heterocycles. The van der Waals surface area contributed by atoms with E-state index in [1.54, 1.807) is 17.9 Å². The molecule has 6 nitrogen and oxygen atoms in total. The Morgan fingerprint density at radius 1 is 1.14 bits per heavy atom. The topological polar surface area (TPSA) is 67.9 Å². The van der Waals surface area contributed by atoms with E-state index in [-0.39, 0.29) is 25.0 Å². The van der Waals surface area contributed by atoms with E-state index < -0.39 is 6.04 Å². The van der Waals surface area contributed by atoms with E-state index in [4.69, 9.17) is 21.1 Å². The number of carbonyl (C=O) groups is 2. The van der Waals surface area contributed by atoms with Crippen molar-refractivity contribution >= 4 is 23.4 Å². The van der Waals surface area contributed by atoms with E-state index in [0.29, 0.717) is 36.0 Å². The smallest absolute Gasteiger partial charge is 0.242 e. The van der Waals surface area contributed by atoms with Crippen molar-refractivity contribution in [3.63, 3.8) is 0 Å². The molecule has 0 saturated carbocycles. The van der Waals surface area contributed by atoms with E-state index in [0.717, 1.165) is 11.1 Å². The van der Waals surface area contributed by atoms with Gasteiger partial charge in [-0.25, -0.2) is 0 Å². The Labute approximate surface area is 175 Å². The SMILES string of the molecule is CCNC(=O)[C@@H](C)N(Cc1cccc(Cl)c1)C(=O)CCc1ccc2c(c1)OCO2. The van der Waals surface area contributed by atoms with Gasteiger partial charge in [-0.2, -0.15) is 0 Å². The lowest BCUT2D eigenvalue weighted by Gasteiger charge is -2.29. The molecule has 1 heterocycles. The Balaban J connectivity index is 1.71. The van der Waals surface area contributed by atoms with Crippen molar-refractivity contribution in [2.24, 2.45) is 0 Å². The van der Waals surface area contributed by atoms with Crippen LogP contribution in [0.5, 0.6) is 11.5 Å². The molecule has 0 aromatic heterocycles. The largest absolute Gasteiger partial charge is 0.454 e. The van der Waals surface area contributed by atoms with Gasteiger partial charge in [0.2, 0.25) is 18.6 Å². The third-order valence-corrected chi connectivity index (χ3v) is 5.06. The van der Waals surface area contributed by atoms with Gasteiger partial charge in [-0.1, -0.05) is 29.8 Å². The van der Waals surface area contributed by atoms with Gasteiger partial charge in [-0.3, -0.25) is 9.59 Å². The summed E-state index contributed by atoms with van der Waals surface area (Å²) in [5.41, 5.74) is 1.86. The second-order valence-corrected chi connectivity index (χ2v) is 7.35. The fourth-order valence-corrected chi connectivity index (χ4v) is 3.44. The van der Waals surface area contributed by atoms with Crippen molar-refractivity contribution in [1.29, 1.82) is 0 Å². The molecule has 154 valence electrons. The van der Waals surface area contributed by atoms with Crippen molar-refractivity contribution in [2.45, 2.75) is 39.3 Å². The summed E-state index contributed by atoms with van der Waals surface area (Å²) in [5, 5.41) is 3.39. The van der Waals surface area contributed by atoms with E-state index in [1.807, 2.05) is 43.3 Å². The lowest BCUT2D eigenvalue weighted by Crippen LogP contribution is -2.47. The highest BCUT2D eigenvalue weighted by Crippen LogP contribution is 2.32. The predicted octanol–water partition coefficient (Wildman–Crippen LogP) is 3.55. The molecule has 0 bridgehead atoms. The zero-order valence-electron chi connectivity index (χ0n) is 16.6. The van der Waals surface area contributed by atoms with Gasteiger partial charge < -0.3 is 19.7 Å². The number of benzene rings is 2. The molecule has 1 aliphatic heterocycles. The third-order valence-electron chi connectivity index (χ3n) is 4.82. The van der Waals surface area contributed by atoms with Crippen LogP contribution in [0.4, 0.5) is 0 Å². The van der Waals surface area contributed by atoms with Gasteiger partial charge in [0, 0.05) is 24.5 Å². The van der Waals surface area contributed by atoms with Crippen molar-refractivity contribution in [3.8, 4) is 11.5 Å². The minimum atomic E-state index is -0.585. The molecule has 1 N–H and O–H groups in total. The molecule has 3 rings (SSSR count). The van der Waals surface area contributed by atoms with Crippen LogP contribution in [0.15, 0.2) is 42.5 Å². The van der Waals surface area contributed by atoms with Crippen LogP contribution in [0.1, 0.15) is 31.4 Å². The molecule has 2 amide bonds. The molecular weight excluding hydrogens is 392 g/mol. The minimum Gasteiger partial charge on any atom is -0.454 e. The first-order valence-corrected chi connectivity index (χ1v) is 10.1. The van der Waals surface area contributed by atoms with Gasteiger partial charge >= 0.3 is 0 Å². The lowest BCUT2D eigenvalue weighted by atomic mass is 10.1. The Kier molecular flexibility index (Phi) is 6.99. The molecule has 1 aliphatic rings. The van der Waals surface area contributed by atoms with Crippen LogP contribution < -0.4 is 14.8 Å². The summed E-state index contributed by atoms with van der Waals surface area (Å²) < 4.78 is 10.7. The Hall–Kier alpha value is -2.73. The zero-order valence-corrected chi connectivity index (χ0v) is 17.4. The highest BCUT2D eigenvalue weighted by molar-refractivity contribution is 6.30. The number of carbonyl (C=O) groups excluding carboxylic acids is 2. The summed E-state index contributed by atoms with van der Waals surface area (Å²) in [7, 11) is 0. The van der Waals surface area contributed by atoms with Gasteiger partial charge in [0.1, 0.15) is 6.04 Å². The van der Waals surface area contributed by atoms with Gasteiger partial charge in [-0.15, -0.1) is 0 Å². The average Bonchev–Trinajstić information content (AvgIpc) is 3.18. The molecule has 1 atom stereocenters. The lowest BCUT2D eigenvalue weighted by molar-refractivity contribution is -0.140. The number of aryl methyl sites for hydroxylation is 1. The van der Waals surface area contributed by atoms with Crippen molar-refractivity contribution in [3.05, 3.63) is 58.6 Å². The number of halogens is 1. The summed E-state index contributed by atoms with van der Waals surface area (Å²) in [5.74, 6) is 1.14. The van der Waals surface area contributed by atoms with E-state index in [1.165, 1.54) is 0 Å². The Morgan fingerprint density at radius 3 is 2.69 bits per heavy atom. The first kappa shape index (κ1) is 21.0. The normalized spacial score (nSPS) is 13.1. The molecule has 0 unspecified atom stereocenters. The first-order valence-electron chi connectivity index (χ1n) is 9.68. The van der Waals surface area contributed by atoms with Crippen LogP contribution in [-0.4, -0.2) is 36.1 Å². The number of nitrogens with zero attached hydrogens (tertiary/aromatic N) is 1. The molecule has 2 aromatic rings. The quantitative estimate of drug-likeness (QED) is 0.714. The summed E-state index contributed by atoms with van der Waals surface area (Å²) in [6.07, 6.45) is 0.827. The molecule has 0 aliphatic carbocycles. The Morgan fingerprint density at radius 2 is 1.93 bits per heavy atom. The van der Waals surface area contributed by atoms with Crippen LogP contribution in [0.2, 0.25) is 5.02 Å². The number of fused-ring (bicyclic) bond motifs is 1. The molecule has 29 heavy (non-hydrogen) atoms. The summed E-state index contributed by atoms with van der Waals surface area (Å²) in [4.78, 5) is 27.0.